The van der Waals surface area contributed by atoms with Crippen LogP contribution in [0.1, 0.15) is 23.5 Å². The molecule has 0 saturated heterocycles. The van der Waals surface area contributed by atoms with E-state index >= 15 is 0 Å². The van der Waals surface area contributed by atoms with Crippen molar-refractivity contribution in [2.45, 2.75) is 18.7 Å². The monoisotopic (exact) mass is 486 g/mol. The number of benzene rings is 2. The Morgan fingerprint density at radius 2 is 1.61 bits per heavy atom. The molecule has 0 bridgehead atoms. The summed E-state index contributed by atoms with van der Waals surface area (Å²) in [6, 6.07) is 14.7. The molecule has 33 heavy (non-hydrogen) atoms. The second-order valence-electron chi connectivity index (χ2n) is 7.13. The zero-order valence-electron chi connectivity index (χ0n) is 18.2. The summed E-state index contributed by atoms with van der Waals surface area (Å²) in [5, 5.41) is 5.34. The van der Waals surface area contributed by atoms with Crippen molar-refractivity contribution < 1.29 is 22.8 Å². The number of carbonyl (C=O) groups excluding carboxylic acids is 3. The summed E-state index contributed by atoms with van der Waals surface area (Å²) in [7, 11) is -2.66. The van der Waals surface area contributed by atoms with E-state index in [1.54, 1.807) is 0 Å². The number of nitrogens with one attached hydrogen (secondary N) is 2. The van der Waals surface area contributed by atoms with Crippen LogP contribution in [0, 0.1) is 0 Å². The predicted octanol–water partition coefficient (Wildman–Crippen LogP) is 3.23. The van der Waals surface area contributed by atoms with Crippen LogP contribution >= 0.6 is 11.3 Å². The SMILES string of the molecule is CC(=O)Nc1ccc(S(=O)(=O)N(C)CC(=O)Nc2nc(-c3ccccc3)c(C(C)=O)s2)cc1. The van der Waals surface area contributed by atoms with Gasteiger partial charge >= 0.3 is 0 Å². The van der Waals surface area contributed by atoms with Gasteiger partial charge in [0, 0.05) is 32.1 Å². The standard InChI is InChI=1S/C22H22N4O5S2/c1-14(27)21-20(16-7-5-4-6-8-16)25-22(32-21)24-19(29)13-26(3)33(30,31)18-11-9-17(10-12-18)23-15(2)28/h4-12H,13H2,1-3H3,(H,23,28)(H,24,25,29). The molecule has 0 unspecified atom stereocenters. The van der Waals surface area contributed by atoms with Gasteiger partial charge in [-0.1, -0.05) is 41.7 Å². The lowest BCUT2D eigenvalue weighted by atomic mass is 10.1. The molecule has 2 N–H and O–H groups in total. The van der Waals surface area contributed by atoms with Crippen molar-refractivity contribution in [2.75, 3.05) is 24.2 Å². The molecule has 0 saturated carbocycles. The van der Waals surface area contributed by atoms with Crippen molar-refractivity contribution in [1.82, 2.24) is 9.29 Å². The fraction of sp³-hybridized carbons (Fsp3) is 0.182. The molecule has 0 spiro atoms. The molecular weight excluding hydrogens is 464 g/mol. The summed E-state index contributed by atoms with van der Waals surface area (Å²) >= 11 is 1.03. The van der Waals surface area contributed by atoms with Gasteiger partial charge in [0.25, 0.3) is 0 Å². The summed E-state index contributed by atoms with van der Waals surface area (Å²) in [5.41, 5.74) is 1.66. The van der Waals surface area contributed by atoms with Crippen LogP contribution in [0.25, 0.3) is 11.3 Å². The number of hydrogen-bond acceptors (Lipinski definition) is 7. The van der Waals surface area contributed by atoms with E-state index in [1.165, 1.54) is 45.2 Å². The maximum atomic E-state index is 12.8. The Balaban J connectivity index is 1.72. The summed E-state index contributed by atoms with van der Waals surface area (Å²) in [4.78, 5) is 40.4. The smallest absolute Gasteiger partial charge is 0.243 e. The third-order valence-corrected chi connectivity index (χ3v) is 7.38. The quantitative estimate of drug-likeness (QED) is 0.471. The van der Waals surface area contributed by atoms with Crippen LogP contribution in [-0.4, -0.2) is 48.9 Å². The first-order chi connectivity index (χ1) is 15.6. The number of rotatable bonds is 8. The lowest BCUT2D eigenvalue weighted by molar-refractivity contribution is -0.116. The molecule has 0 fully saturated rings. The minimum atomic E-state index is -3.94. The molecule has 0 aliphatic carbocycles. The van der Waals surface area contributed by atoms with Gasteiger partial charge in [-0.05, 0) is 24.3 Å². The van der Waals surface area contributed by atoms with E-state index in [-0.39, 0.29) is 21.7 Å². The van der Waals surface area contributed by atoms with Crippen LogP contribution in [0.15, 0.2) is 59.5 Å². The number of aromatic nitrogens is 1. The highest BCUT2D eigenvalue weighted by Crippen LogP contribution is 2.31. The minimum absolute atomic E-state index is 0.0219. The Morgan fingerprint density at radius 1 is 0.970 bits per heavy atom. The molecule has 2 amide bonds. The van der Waals surface area contributed by atoms with Crippen molar-refractivity contribution in [1.29, 1.82) is 0 Å². The zero-order chi connectivity index (χ0) is 24.2. The van der Waals surface area contributed by atoms with Crippen LogP contribution in [0.3, 0.4) is 0 Å². The first kappa shape index (κ1) is 24.2. The first-order valence-electron chi connectivity index (χ1n) is 9.79. The Morgan fingerprint density at radius 3 is 2.18 bits per heavy atom. The fourth-order valence-corrected chi connectivity index (χ4v) is 4.97. The molecule has 0 aliphatic rings. The normalized spacial score (nSPS) is 11.3. The topological polar surface area (TPSA) is 126 Å². The number of amides is 2. The average Bonchev–Trinajstić information content (AvgIpc) is 3.18. The van der Waals surface area contributed by atoms with Crippen LogP contribution in [0.5, 0.6) is 0 Å². The molecule has 11 heteroatoms. The second-order valence-corrected chi connectivity index (χ2v) is 10.2. The van der Waals surface area contributed by atoms with Crippen molar-refractivity contribution >= 4 is 49.8 Å². The molecule has 1 heterocycles. The van der Waals surface area contributed by atoms with E-state index in [0.717, 1.165) is 21.2 Å². The largest absolute Gasteiger partial charge is 0.326 e. The molecule has 3 rings (SSSR count). The molecule has 2 aromatic carbocycles. The Hall–Kier alpha value is -3.41. The third kappa shape index (κ3) is 5.89. The number of nitrogens with zero attached hydrogens (tertiary/aromatic N) is 2. The van der Waals surface area contributed by atoms with E-state index in [9.17, 15) is 22.8 Å². The Labute approximate surface area is 195 Å². The number of likely N-dealkylation sites (N-methyl/N-ethyl adjacent to an activating group) is 1. The van der Waals surface area contributed by atoms with Gasteiger partial charge in [-0.25, -0.2) is 13.4 Å². The summed E-state index contributed by atoms with van der Waals surface area (Å²) < 4.78 is 26.5. The van der Waals surface area contributed by atoms with Crippen molar-refractivity contribution in [2.24, 2.45) is 0 Å². The molecule has 0 atom stereocenters. The number of hydrogen-bond donors (Lipinski definition) is 2. The molecule has 0 radical (unpaired) electrons. The first-order valence-corrected chi connectivity index (χ1v) is 12.0. The van der Waals surface area contributed by atoms with Gasteiger partial charge in [-0.2, -0.15) is 4.31 Å². The molecule has 1 aromatic heterocycles. The number of carbonyl (C=O) groups is 3. The van der Waals surface area contributed by atoms with Gasteiger partial charge < -0.3 is 10.6 Å². The van der Waals surface area contributed by atoms with Crippen LogP contribution in [-0.2, 0) is 19.6 Å². The molecule has 9 nitrogen and oxygen atoms in total. The lowest BCUT2D eigenvalue weighted by Crippen LogP contribution is -2.34. The van der Waals surface area contributed by atoms with Crippen molar-refractivity contribution in [3.8, 4) is 11.3 Å². The third-order valence-electron chi connectivity index (χ3n) is 4.49. The summed E-state index contributed by atoms with van der Waals surface area (Å²) in [6.45, 7) is 2.32. The van der Waals surface area contributed by atoms with E-state index in [1.807, 2.05) is 30.3 Å². The predicted molar refractivity (Wildman–Crippen MR) is 127 cm³/mol. The zero-order valence-corrected chi connectivity index (χ0v) is 19.8. The second kappa shape index (κ2) is 10.0. The highest BCUT2D eigenvalue weighted by Gasteiger charge is 2.24. The van der Waals surface area contributed by atoms with E-state index in [4.69, 9.17) is 0 Å². The minimum Gasteiger partial charge on any atom is -0.326 e. The molecule has 3 aromatic rings. The van der Waals surface area contributed by atoms with Gasteiger partial charge in [-0.15, -0.1) is 0 Å². The van der Waals surface area contributed by atoms with E-state index < -0.39 is 22.5 Å². The molecule has 172 valence electrons. The number of sulfonamides is 1. The van der Waals surface area contributed by atoms with Crippen molar-refractivity contribution in [3.63, 3.8) is 0 Å². The van der Waals surface area contributed by atoms with Crippen LogP contribution in [0.2, 0.25) is 0 Å². The maximum Gasteiger partial charge on any atom is 0.243 e. The number of thiazole rings is 1. The van der Waals surface area contributed by atoms with Crippen molar-refractivity contribution in [3.05, 3.63) is 59.5 Å². The maximum absolute atomic E-state index is 12.8. The molecular formula is C22H22N4O5S2. The van der Waals surface area contributed by atoms with Gasteiger partial charge in [-0.3, -0.25) is 14.4 Å². The van der Waals surface area contributed by atoms with E-state index in [0.29, 0.717) is 16.3 Å². The van der Waals surface area contributed by atoms with Crippen LogP contribution in [0.4, 0.5) is 10.8 Å². The summed E-state index contributed by atoms with van der Waals surface area (Å²) in [5.74, 6) is -1.06. The lowest BCUT2D eigenvalue weighted by Gasteiger charge is -2.16. The Kier molecular flexibility index (Phi) is 7.36. The van der Waals surface area contributed by atoms with Gasteiger partial charge in [0.05, 0.1) is 22.0 Å². The number of Topliss-reactive ketones (excluding diaryl/α,β-unsaturated/α-hetero) is 1. The van der Waals surface area contributed by atoms with Gasteiger partial charge in [0.1, 0.15) is 0 Å². The molecule has 0 aliphatic heterocycles. The van der Waals surface area contributed by atoms with Gasteiger partial charge in [0.2, 0.25) is 21.8 Å². The highest BCUT2D eigenvalue weighted by molar-refractivity contribution is 7.89. The van der Waals surface area contributed by atoms with Crippen LogP contribution < -0.4 is 10.6 Å². The number of ketones is 1. The Bertz CT molecular complexity index is 1290. The summed E-state index contributed by atoms with van der Waals surface area (Å²) in [6.07, 6.45) is 0. The fourth-order valence-electron chi connectivity index (χ4n) is 2.94. The number of anilines is 2. The van der Waals surface area contributed by atoms with Gasteiger partial charge in [0.15, 0.2) is 10.9 Å². The average molecular weight is 487 g/mol. The van der Waals surface area contributed by atoms with E-state index in [2.05, 4.69) is 15.6 Å². The highest BCUT2D eigenvalue weighted by atomic mass is 32.2.